The van der Waals surface area contributed by atoms with Crippen LogP contribution in [-0.4, -0.2) is 60.9 Å². The number of carbonyl (C=O) groups is 2. The molecular formula is C16H21NO5. The molecule has 0 radical (unpaired) electrons. The SMILES string of the molecule is CCOC(=O)C1C2C=CC3(CN(CC4CCCO4)C(=O)C13)O2. The van der Waals surface area contributed by atoms with Crippen LogP contribution in [0.15, 0.2) is 12.2 Å². The van der Waals surface area contributed by atoms with E-state index in [0.717, 1.165) is 19.4 Å². The molecule has 5 atom stereocenters. The molecular weight excluding hydrogens is 286 g/mol. The van der Waals surface area contributed by atoms with Gasteiger partial charge in [-0.25, -0.2) is 0 Å². The molecule has 3 saturated heterocycles. The molecule has 2 bridgehead atoms. The topological polar surface area (TPSA) is 65.1 Å². The summed E-state index contributed by atoms with van der Waals surface area (Å²) in [5, 5.41) is 0. The van der Waals surface area contributed by atoms with Gasteiger partial charge in [-0.1, -0.05) is 12.2 Å². The largest absolute Gasteiger partial charge is 0.466 e. The number of hydrogen-bond donors (Lipinski definition) is 0. The van der Waals surface area contributed by atoms with E-state index in [1.54, 1.807) is 11.8 Å². The summed E-state index contributed by atoms with van der Waals surface area (Å²) in [6.45, 7) is 3.97. The molecule has 0 aromatic rings. The van der Waals surface area contributed by atoms with Crippen LogP contribution >= 0.6 is 0 Å². The molecule has 6 heteroatoms. The van der Waals surface area contributed by atoms with Crippen LogP contribution in [-0.2, 0) is 23.8 Å². The lowest BCUT2D eigenvalue weighted by molar-refractivity contribution is -0.153. The number of hydrogen-bond acceptors (Lipinski definition) is 5. The quantitative estimate of drug-likeness (QED) is 0.559. The van der Waals surface area contributed by atoms with Gasteiger partial charge in [-0.15, -0.1) is 0 Å². The maximum absolute atomic E-state index is 12.8. The zero-order valence-corrected chi connectivity index (χ0v) is 12.7. The zero-order chi connectivity index (χ0) is 15.3. The van der Waals surface area contributed by atoms with Gasteiger partial charge in [-0.2, -0.15) is 0 Å². The first-order chi connectivity index (χ1) is 10.6. The number of nitrogens with zero attached hydrogens (tertiary/aromatic N) is 1. The highest BCUT2D eigenvalue weighted by Gasteiger charge is 2.67. The molecule has 6 nitrogen and oxygen atoms in total. The molecule has 4 aliphatic rings. The summed E-state index contributed by atoms with van der Waals surface area (Å²) in [6.07, 6.45) is 5.69. The van der Waals surface area contributed by atoms with Gasteiger partial charge in [0, 0.05) is 13.2 Å². The van der Waals surface area contributed by atoms with Crippen molar-refractivity contribution < 1.29 is 23.8 Å². The van der Waals surface area contributed by atoms with Gasteiger partial charge in [0.25, 0.3) is 0 Å². The Balaban J connectivity index is 1.55. The standard InChI is InChI=1S/C16H21NO5/c1-2-20-15(19)12-11-5-6-16(22-11)9-17(14(18)13(12)16)8-10-4-3-7-21-10/h5-6,10-13H,2-4,7-9H2,1H3. The smallest absolute Gasteiger partial charge is 0.312 e. The molecule has 0 saturated carbocycles. The fourth-order valence-corrected chi connectivity index (χ4v) is 4.27. The Morgan fingerprint density at radius 2 is 2.41 bits per heavy atom. The van der Waals surface area contributed by atoms with Crippen molar-refractivity contribution in [3.05, 3.63) is 12.2 Å². The van der Waals surface area contributed by atoms with Gasteiger partial charge < -0.3 is 19.1 Å². The lowest BCUT2D eigenvalue weighted by Crippen LogP contribution is -2.40. The van der Waals surface area contributed by atoms with Gasteiger partial charge in [0.1, 0.15) is 11.5 Å². The molecule has 0 N–H and O–H groups in total. The molecule has 5 unspecified atom stereocenters. The van der Waals surface area contributed by atoms with Gasteiger partial charge in [0.05, 0.1) is 31.3 Å². The maximum Gasteiger partial charge on any atom is 0.312 e. The Labute approximate surface area is 129 Å². The van der Waals surface area contributed by atoms with Crippen molar-refractivity contribution in [3.8, 4) is 0 Å². The summed E-state index contributed by atoms with van der Waals surface area (Å²) in [5.41, 5.74) is -0.641. The third-order valence-corrected chi connectivity index (χ3v) is 5.19. The number of likely N-dealkylation sites (tertiary alicyclic amines) is 1. The third kappa shape index (κ3) is 1.93. The molecule has 1 spiro atoms. The molecule has 1 amide bonds. The Morgan fingerprint density at radius 1 is 1.55 bits per heavy atom. The van der Waals surface area contributed by atoms with Crippen LogP contribution in [0.3, 0.4) is 0 Å². The van der Waals surface area contributed by atoms with Crippen LogP contribution in [0.1, 0.15) is 19.8 Å². The molecule has 0 aromatic heterocycles. The van der Waals surface area contributed by atoms with E-state index in [4.69, 9.17) is 14.2 Å². The predicted molar refractivity (Wildman–Crippen MR) is 75.9 cm³/mol. The second-order valence-corrected chi connectivity index (χ2v) is 6.51. The minimum atomic E-state index is -0.641. The van der Waals surface area contributed by atoms with E-state index in [2.05, 4.69) is 0 Å². The summed E-state index contributed by atoms with van der Waals surface area (Å²) in [5.74, 6) is -1.27. The first-order valence-electron chi connectivity index (χ1n) is 8.09. The van der Waals surface area contributed by atoms with E-state index < -0.39 is 17.4 Å². The monoisotopic (exact) mass is 307 g/mol. The van der Waals surface area contributed by atoms with Crippen molar-refractivity contribution in [3.63, 3.8) is 0 Å². The number of amides is 1. The number of carbonyl (C=O) groups excluding carboxylic acids is 2. The van der Waals surface area contributed by atoms with Gasteiger partial charge in [0.15, 0.2) is 0 Å². The molecule has 120 valence electrons. The Kier molecular flexibility index (Phi) is 3.27. The highest BCUT2D eigenvalue weighted by Crippen LogP contribution is 2.52. The first-order valence-corrected chi connectivity index (χ1v) is 8.09. The summed E-state index contributed by atoms with van der Waals surface area (Å²) in [6, 6.07) is 0. The minimum absolute atomic E-state index is 0.000373. The van der Waals surface area contributed by atoms with Crippen molar-refractivity contribution in [1.82, 2.24) is 4.90 Å². The molecule has 4 rings (SSSR count). The number of rotatable bonds is 4. The summed E-state index contributed by atoms with van der Waals surface area (Å²) in [4.78, 5) is 26.9. The predicted octanol–water partition coefficient (Wildman–Crippen LogP) is 0.510. The van der Waals surface area contributed by atoms with Gasteiger partial charge >= 0.3 is 5.97 Å². The van der Waals surface area contributed by atoms with Crippen LogP contribution in [0, 0.1) is 11.8 Å². The molecule has 4 heterocycles. The normalized spacial score (nSPS) is 42.2. The summed E-state index contributed by atoms with van der Waals surface area (Å²) in [7, 11) is 0. The van der Waals surface area contributed by atoms with Crippen LogP contribution in [0.5, 0.6) is 0 Å². The lowest BCUT2D eigenvalue weighted by Gasteiger charge is -2.23. The van der Waals surface area contributed by atoms with Crippen LogP contribution < -0.4 is 0 Å². The summed E-state index contributed by atoms with van der Waals surface area (Å²) < 4.78 is 16.8. The van der Waals surface area contributed by atoms with E-state index in [0.29, 0.717) is 19.7 Å². The maximum atomic E-state index is 12.8. The number of ether oxygens (including phenoxy) is 3. The second kappa shape index (κ2) is 5.06. The highest BCUT2D eigenvalue weighted by molar-refractivity contribution is 5.91. The number of esters is 1. The van der Waals surface area contributed by atoms with Crippen molar-refractivity contribution in [2.24, 2.45) is 11.8 Å². The van der Waals surface area contributed by atoms with Gasteiger partial charge in [-0.3, -0.25) is 9.59 Å². The Hall–Kier alpha value is -1.40. The average Bonchev–Trinajstić information content (AvgIpc) is 3.23. The van der Waals surface area contributed by atoms with Crippen LogP contribution in [0.25, 0.3) is 0 Å². The van der Waals surface area contributed by atoms with Gasteiger partial charge in [0.2, 0.25) is 5.91 Å². The second-order valence-electron chi connectivity index (χ2n) is 6.51. The average molecular weight is 307 g/mol. The summed E-state index contributed by atoms with van der Waals surface area (Å²) >= 11 is 0. The van der Waals surface area contributed by atoms with E-state index in [1.807, 2.05) is 12.2 Å². The number of fused-ring (bicyclic) bond motifs is 1. The van der Waals surface area contributed by atoms with E-state index in [-0.39, 0.29) is 24.1 Å². The van der Waals surface area contributed by atoms with Crippen molar-refractivity contribution in [2.45, 2.75) is 37.6 Å². The molecule has 0 aliphatic carbocycles. The highest BCUT2D eigenvalue weighted by atomic mass is 16.6. The van der Waals surface area contributed by atoms with Crippen molar-refractivity contribution in [2.75, 3.05) is 26.3 Å². The Morgan fingerprint density at radius 3 is 3.14 bits per heavy atom. The van der Waals surface area contributed by atoms with Crippen LogP contribution in [0.2, 0.25) is 0 Å². The lowest BCUT2D eigenvalue weighted by atomic mass is 9.77. The molecule has 22 heavy (non-hydrogen) atoms. The molecule has 3 fully saturated rings. The minimum Gasteiger partial charge on any atom is -0.466 e. The fraction of sp³-hybridized carbons (Fsp3) is 0.750. The fourth-order valence-electron chi connectivity index (χ4n) is 4.27. The van der Waals surface area contributed by atoms with Crippen molar-refractivity contribution in [1.29, 1.82) is 0 Å². The van der Waals surface area contributed by atoms with Crippen LogP contribution in [0.4, 0.5) is 0 Å². The third-order valence-electron chi connectivity index (χ3n) is 5.19. The van der Waals surface area contributed by atoms with E-state index in [9.17, 15) is 9.59 Å². The van der Waals surface area contributed by atoms with E-state index >= 15 is 0 Å². The Bertz CT molecular complexity index is 527. The first kappa shape index (κ1) is 14.2. The molecule has 4 aliphatic heterocycles. The molecule has 0 aromatic carbocycles. The zero-order valence-electron chi connectivity index (χ0n) is 12.7. The van der Waals surface area contributed by atoms with E-state index in [1.165, 1.54) is 0 Å². The van der Waals surface area contributed by atoms with Gasteiger partial charge in [-0.05, 0) is 19.8 Å². The van der Waals surface area contributed by atoms with Crippen molar-refractivity contribution >= 4 is 11.9 Å².